The minimum Gasteiger partial charge on any atom is -0.445 e. The summed E-state index contributed by atoms with van der Waals surface area (Å²) in [6.45, 7) is 8.45. The fraction of sp³-hybridized carbons (Fsp3) is 0.692. The van der Waals surface area contributed by atoms with Crippen LogP contribution in [0, 0.1) is 0 Å². The van der Waals surface area contributed by atoms with E-state index >= 15 is 0 Å². The lowest BCUT2D eigenvalue weighted by molar-refractivity contribution is -0.294. The van der Waals surface area contributed by atoms with Crippen molar-refractivity contribution in [3.8, 4) is 0 Å². The van der Waals surface area contributed by atoms with Gasteiger partial charge in [0.05, 0.1) is 6.61 Å². The molecule has 204 valence electrons. The van der Waals surface area contributed by atoms with Crippen LogP contribution in [-0.2, 0) is 39.8 Å². The average Bonchev–Trinajstić information content (AvgIpc) is 3.33. The van der Waals surface area contributed by atoms with Crippen LogP contribution in [0.15, 0.2) is 30.3 Å². The van der Waals surface area contributed by atoms with Crippen LogP contribution >= 0.6 is 0 Å². The van der Waals surface area contributed by atoms with Crippen LogP contribution < -0.4 is 5.32 Å². The zero-order chi connectivity index (χ0) is 26.3. The molecule has 0 radical (unpaired) electrons. The number of amides is 2. The summed E-state index contributed by atoms with van der Waals surface area (Å²) < 4.78 is 41.3. The summed E-state index contributed by atoms with van der Waals surface area (Å²) in [7, 11) is 0. The van der Waals surface area contributed by atoms with Gasteiger partial charge in [-0.05, 0) is 46.1 Å². The molecule has 4 atom stereocenters. The number of alkyl carbamates (subject to hydrolysis) is 1. The van der Waals surface area contributed by atoms with E-state index < -0.39 is 41.8 Å². The Morgan fingerprint density at radius 1 is 1.00 bits per heavy atom. The highest BCUT2D eigenvalue weighted by Crippen LogP contribution is 2.47. The van der Waals surface area contributed by atoms with Crippen molar-refractivity contribution in [3.63, 3.8) is 0 Å². The van der Waals surface area contributed by atoms with E-state index in [-0.39, 0.29) is 32.0 Å². The van der Waals surface area contributed by atoms with Crippen LogP contribution in [0.4, 0.5) is 9.59 Å². The molecular formula is C26H36N2O9. The number of hydrogen-bond acceptors (Lipinski definition) is 9. The summed E-state index contributed by atoms with van der Waals surface area (Å²) in [4.78, 5) is 26.7. The molecule has 2 amide bonds. The molecule has 1 aromatic rings. The van der Waals surface area contributed by atoms with Gasteiger partial charge in [-0.15, -0.1) is 0 Å². The van der Waals surface area contributed by atoms with Gasteiger partial charge in [0.15, 0.2) is 18.2 Å². The van der Waals surface area contributed by atoms with Gasteiger partial charge < -0.3 is 43.4 Å². The molecule has 5 rings (SSSR count). The van der Waals surface area contributed by atoms with E-state index in [4.69, 9.17) is 33.2 Å². The lowest BCUT2D eigenvalue weighted by Gasteiger charge is -2.40. The van der Waals surface area contributed by atoms with E-state index in [1.54, 1.807) is 18.7 Å². The largest absolute Gasteiger partial charge is 0.445 e. The van der Waals surface area contributed by atoms with Gasteiger partial charge in [0.25, 0.3) is 0 Å². The summed E-state index contributed by atoms with van der Waals surface area (Å²) in [5.41, 5.74) is 0.921. The van der Waals surface area contributed by atoms with Crippen molar-refractivity contribution in [1.82, 2.24) is 10.2 Å². The Hall–Kier alpha value is -2.44. The van der Waals surface area contributed by atoms with Gasteiger partial charge in [0.1, 0.15) is 24.9 Å². The minimum absolute atomic E-state index is 0.0795. The summed E-state index contributed by atoms with van der Waals surface area (Å²) in [5, 5.41) is 2.88. The topological polar surface area (TPSA) is 114 Å². The van der Waals surface area contributed by atoms with Crippen molar-refractivity contribution in [2.75, 3.05) is 26.3 Å². The molecule has 4 saturated heterocycles. The van der Waals surface area contributed by atoms with Crippen LogP contribution in [0.1, 0.15) is 46.1 Å². The number of carbonyl (C=O) groups excluding carboxylic acids is 2. The average molecular weight is 521 g/mol. The number of benzene rings is 1. The number of nitrogens with one attached hydrogen (secondary N) is 1. The number of hydrogen-bond donors (Lipinski definition) is 1. The van der Waals surface area contributed by atoms with E-state index in [0.717, 1.165) is 5.56 Å². The normalized spacial score (nSPS) is 32.3. The molecule has 0 unspecified atom stereocenters. The fourth-order valence-electron chi connectivity index (χ4n) is 5.34. The Morgan fingerprint density at radius 3 is 2.46 bits per heavy atom. The maximum atomic E-state index is 12.9. The highest BCUT2D eigenvalue weighted by Gasteiger charge is 2.66. The molecule has 37 heavy (non-hydrogen) atoms. The predicted octanol–water partition coefficient (Wildman–Crippen LogP) is 2.91. The standard InChI is InChI=1S/C26H36N2O9/c1-24(2)34-19-15-33-26(21(20(19)35-24)36-25(3,4)37-26)16-32-23(30)28-12-10-18(11-13-28)27-22(29)31-14-17-8-6-5-7-9-17/h5-9,18-21H,10-16H2,1-4H3,(H,27,29)/t19-,20-,21+,26+/m1/s1. The molecule has 11 nitrogen and oxygen atoms in total. The number of nitrogens with zero attached hydrogens (tertiary/aromatic N) is 1. The summed E-state index contributed by atoms with van der Waals surface area (Å²) in [5.74, 6) is -3.00. The smallest absolute Gasteiger partial charge is 0.409 e. The first-order chi connectivity index (χ1) is 17.5. The quantitative estimate of drug-likeness (QED) is 0.626. The van der Waals surface area contributed by atoms with Crippen LogP contribution in [0.3, 0.4) is 0 Å². The van der Waals surface area contributed by atoms with E-state index in [1.165, 1.54) is 0 Å². The lowest BCUT2D eigenvalue weighted by atomic mass is 9.97. The highest BCUT2D eigenvalue weighted by atomic mass is 16.9. The first-order valence-corrected chi connectivity index (χ1v) is 12.8. The van der Waals surface area contributed by atoms with Gasteiger partial charge >= 0.3 is 12.2 Å². The molecule has 0 aromatic heterocycles. The summed E-state index contributed by atoms with van der Waals surface area (Å²) >= 11 is 0. The van der Waals surface area contributed by atoms with E-state index in [2.05, 4.69) is 5.32 Å². The first kappa shape index (κ1) is 26.2. The SMILES string of the molecule is CC1(C)O[C@@H]2[C@@H](CO[C@@]3(COC(=O)N4CCC(NC(=O)OCc5ccccc5)CC4)OC(C)(C)O[C@@H]23)O1. The maximum Gasteiger partial charge on any atom is 0.409 e. The molecule has 0 bridgehead atoms. The minimum atomic E-state index is -1.29. The van der Waals surface area contributed by atoms with Crippen LogP contribution in [0.25, 0.3) is 0 Å². The van der Waals surface area contributed by atoms with E-state index in [9.17, 15) is 9.59 Å². The van der Waals surface area contributed by atoms with Crippen molar-refractivity contribution in [2.45, 2.75) is 88.9 Å². The zero-order valence-electron chi connectivity index (χ0n) is 21.8. The Morgan fingerprint density at radius 2 is 1.73 bits per heavy atom. The van der Waals surface area contributed by atoms with Crippen LogP contribution in [0.2, 0.25) is 0 Å². The highest BCUT2D eigenvalue weighted by molar-refractivity contribution is 5.69. The molecule has 4 heterocycles. The zero-order valence-corrected chi connectivity index (χ0v) is 21.8. The number of rotatable bonds is 5. The Kier molecular flexibility index (Phi) is 7.10. The summed E-state index contributed by atoms with van der Waals surface area (Å²) in [6, 6.07) is 9.42. The molecule has 1 N–H and O–H groups in total. The van der Waals surface area contributed by atoms with Crippen molar-refractivity contribution >= 4 is 12.2 Å². The second-order valence-electron chi connectivity index (χ2n) is 10.8. The Labute approximate surface area is 216 Å². The maximum absolute atomic E-state index is 12.9. The van der Waals surface area contributed by atoms with Gasteiger partial charge in [-0.1, -0.05) is 30.3 Å². The van der Waals surface area contributed by atoms with Crippen LogP contribution in [0.5, 0.6) is 0 Å². The second kappa shape index (κ2) is 10.0. The van der Waals surface area contributed by atoms with Crippen molar-refractivity contribution < 1.29 is 42.7 Å². The van der Waals surface area contributed by atoms with Gasteiger partial charge in [-0.3, -0.25) is 0 Å². The molecule has 4 aliphatic rings. The first-order valence-electron chi connectivity index (χ1n) is 12.8. The van der Waals surface area contributed by atoms with Crippen molar-refractivity contribution in [2.24, 2.45) is 0 Å². The van der Waals surface area contributed by atoms with Crippen LogP contribution in [-0.4, -0.2) is 85.1 Å². The number of likely N-dealkylation sites (tertiary alicyclic amines) is 1. The van der Waals surface area contributed by atoms with Gasteiger partial charge in [0.2, 0.25) is 5.79 Å². The fourth-order valence-corrected chi connectivity index (χ4v) is 5.34. The van der Waals surface area contributed by atoms with E-state index in [1.807, 2.05) is 44.2 Å². The number of fused-ring (bicyclic) bond motifs is 3. The molecular weight excluding hydrogens is 484 g/mol. The third-order valence-electron chi connectivity index (χ3n) is 6.96. The molecule has 4 fully saturated rings. The Balaban J connectivity index is 1.10. The number of carbonyl (C=O) groups is 2. The van der Waals surface area contributed by atoms with Crippen molar-refractivity contribution in [1.29, 1.82) is 0 Å². The third kappa shape index (κ3) is 5.85. The van der Waals surface area contributed by atoms with Gasteiger partial charge in [0, 0.05) is 19.1 Å². The third-order valence-corrected chi connectivity index (χ3v) is 6.96. The predicted molar refractivity (Wildman–Crippen MR) is 128 cm³/mol. The monoisotopic (exact) mass is 520 g/mol. The molecule has 1 aromatic carbocycles. The number of ether oxygens (including phenoxy) is 7. The molecule has 0 saturated carbocycles. The molecule has 0 spiro atoms. The van der Waals surface area contributed by atoms with Crippen molar-refractivity contribution in [3.05, 3.63) is 35.9 Å². The summed E-state index contributed by atoms with van der Waals surface area (Å²) in [6.07, 6.45) is -1.08. The van der Waals surface area contributed by atoms with E-state index in [0.29, 0.717) is 25.9 Å². The van der Waals surface area contributed by atoms with Gasteiger partial charge in [-0.25, -0.2) is 9.59 Å². The second-order valence-corrected chi connectivity index (χ2v) is 10.8. The number of piperidine rings is 1. The Bertz CT molecular complexity index is 980. The lowest BCUT2D eigenvalue weighted by Crippen LogP contribution is -2.61. The molecule has 0 aliphatic carbocycles. The van der Waals surface area contributed by atoms with Gasteiger partial charge in [-0.2, -0.15) is 0 Å². The molecule has 11 heteroatoms. The molecule has 4 aliphatic heterocycles.